The minimum Gasteiger partial charge on any atom is -0.392 e. The summed E-state index contributed by atoms with van der Waals surface area (Å²) in [4.78, 5) is 4.08. The second-order valence-corrected chi connectivity index (χ2v) is 3.61. The molecule has 0 fully saturated rings. The summed E-state index contributed by atoms with van der Waals surface area (Å²) in [6, 6.07) is 10.00. The molecule has 0 spiro atoms. The van der Waals surface area contributed by atoms with Crippen LogP contribution in [0.25, 0.3) is 11.1 Å². The molecule has 1 aromatic carbocycles. The molecule has 1 heterocycles. The predicted molar refractivity (Wildman–Crippen MR) is 60.3 cm³/mol. The summed E-state index contributed by atoms with van der Waals surface area (Å²) in [6.45, 7) is 2.11. The van der Waals surface area contributed by atoms with Crippen molar-refractivity contribution in [1.29, 1.82) is 0 Å². The largest absolute Gasteiger partial charge is 0.392 e. The molecule has 0 aliphatic rings. The summed E-state index contributed by atoms with van der Waals surface area (Å²) >= 11 is 0. The standard InChI is InChI=1S/C13H13NO/c1-10-5-11(9-15)7-13(6-10)12-3-2-4-14-8-12/h2-8,15H,9H2,1H3. The molecule has 2 rings (SSSR count). The van der Waals surface area contributed by atoms with Gasteiger partial charge < -0.3 is 5.11 Å². The van der Waals surface area contributed by atoms with Gasteiger partial charge in [-0.1, -0.05) is 23.8 Å². The molecule has 0 bridgehead atoms. The Balaban J connectivity index is 2.49. The van der Waals surface area contributed by atoms with Gasteiger partial charge in [0.15, 0.2) is 0 Å². The molecular weight excluding hydrogens is 186 g/mol. The van der Waals surface area contributed by atoms with Crippen LogP contribution >= 0.6 is 0 Å². The number of aromatic nitrogens is 1. The lowest BCUT2D eigenvalue weighted by atomic mass is 10.0. The molecule has 1 aromatic heterocycles. The van der Waals surface area contributed by atoms with E-state index in [1.807, 2.05) is 37.4 Å². The molecule has 0 radical (unpaired) electrons. The van der Waals surface area contributed by atoms with Gasteiger partial charge in [-0.05, 0) is 30.2 Å². The summed E-state index contributed by atoms with van der Waals surface area (Å²) in [5.41, 5.74) is 4.28. The maximum Gasteiger partial charge on any atom is 0.0682 e. The van der Waals surface area contributed by atoms with Crippen LogP contribution in [0.3, 0.4) is 0 Å². The molecular formula is C13H13NO. The number of benzene rings is 1. The van der Waals surface area contributed by atoms with Crippen LogP contribution in [-0.4, -0.2) is 10.1 Å². The van der Waals surface area contributed by atoms with E-state index in [9.17, 15) is 0 Å². The summed E-state index contributed by atoms with van der Waals surface area (Å²) < 4.78 is 0. The Kier molecular flexibility index (Phi) is 2.79. The zero-order chi connectivity index (χ0) is 10.7. The first-order valence-electron chi connectivity index (χ1n) is 4.91. The van der Waals surface area contributed by atoms with E-state index in [2.05, 4.69) is 11.1 Å². The Morgan fingerprint density at radius 1 is 1.20 bits per heavy atom. The number of hydrogen-bond acceptors (Lipinski definition) is 2. The molecule has 2 heteroatoms. The number of aliphatic hydroxyl groups excluding tert-OH is 1. The van der Waals surface area contributed by atoms with Crippen LogP contribution in [0.5, 0.6) is 0 Å². The first-order valence-corrected chi connectivity index (χ1v) is 4.91. The Labute approximate surface area is 89.2 Å². The van der Waals surface area contributed by atoms with Gasteiger partial charge in [0.2, 0.25) is 0 Å². The Morgan fingerprint density at radius 2 is 2.07 bits per heavy atom. The molecule has 0 aliphatic carbocycles. The van der Waals surface area contributed by atoms with Crippen LogP contribution in [0.1, 0.15) is 11.1 Å². The van der Waals surface area contributed by atoms with Gasteiger partial charge in [-0.15, -0.1) is 0 Å². The summed E-state index contributed by atoms with van der Waals surface area (Å²) in [5.74, 6) is 0. The molecule has 0 saturated heterocycles. The predicted octanol–water partition coefficient (Wildman–Crippen LogP) is 2.55. The number of nitrogens with zero attached hydrogens (tertiary/aromatic N) is 1. The smallest absolute Gasteiger partial charge is 0.0682 e. The maximum absolute atomic E-state index is 9.12. The zero-order valence-corrected chi connectivity index (χ0v) is 8.64. The lowest BCUT2D eigenvalue weighted by Crippen LogP contribution is -1.87. The van der Waals surface area contributed by atoms with E-state index < -0.39 is 0 Å². The third kappa shape index (κ3) is 2.22. The van der Waals surface area contributed by atoms with Crippen molar-refractivity contribution in [3.8, 4) is 11.1 Å². The van der Waals surface area contributed by atoms with Crippen LogP contribution in [-0.2, 0) is 6.61 Å². The fraction of sp³-hybridized carbons (Fsp3) is 0.154. The van der Waals surface area contributed by atoms with Crippen molar-refractivity contribution in [2.45, 2.75) is 13.5 Å². The number of aliphatic hydroxyl groups is 1. The molecule has 76 valence electrons. The van der Waals surface area contributed by atoms with Crippen LogP contribution in [0.15, 0.2) is 42.7 Å². The minimum atomic E-state index is 0.0783. The first-order chi connectivity index (χ1) is 7.29. The average molecular weight is 199 g/mol. The van der Waals surface area contributed by atoms with E-state index >= 15 is 0 Å². The van der Waals surface area contributed by atoms with Crippen molar-refractivity contribution >= 4 is 0 Å². The highest BCUT2D eigenvalue weighted by Crippen LogP contribution is 2.21. The third-order valence-electron chi connectivity index (χ3n) is 2.31. The van der Waals surface area contributed by atoms with Gasteiger partial charge >= 0.3 is 0 Å². The fourth-order valence-corrected chi connectivity index (χ4v) is 1.65. The second-order valence-electron chi connectivity index (χ2n) is 3.61. The van der Waals surface area contributed by atoms with E-state index in [1.54, 1.807) is 6.20 Å². The quantitative estimate of drug-likeness (QED) is 0.806. The van der Waals surface area contributed by atoms with Crippen molar-refractivity contribution in [1.82, 2.24) is 4.98 Å². The van der Waals surface area contributed by atoms with E-state index in [0.717, 1.165) is 22.3 Å². The number of pyridine rings is 1. The molecule has 0 amide bonds. The van der Waals surface area contributed by atoms with Gasteiger partial charge in [-0.3, -0.25) is 4.98 Å². The van der Waals surface area contributed by atoms with E-state index in [4.69, 9.17) is 5.11 Å². The molecule has 2 aromatic rings. The minimum absolute atomic E-state index is 0.0783. The van der Waals surface area contributed by atoms with Gasteiger partial charge in [0.25, 0.3) is 0 Å². The molecule has 2 nitrogen and oxygen atoms in total. The number of aryl methyl sites for hydroxylation is 1. The highest BCUT2D eigenvalue weighted by Gasteiger charge is 2.00. The SMILES string of the molecule is Cc1cc(CO)cc(-c2cccnc2)c1. The average Bonchev–Trinajstić information content (AvgIpc) is 2.29. The highest BCUT2D eigenvalue weighted by molar-refractivity contribution is 5.64. The lowest BCUT2D eigenvalue weighted by Gasteiger charge is -2.05. The molecule has 0 unspecified atom stereocenters. The molecule has 0 saturated carbocycles. The monoisotopic (exact) mass is 199 g/mol. The lowest BCUT2D eigenvalue weighted by molar-refractivity contribution is 0.282. The first kappa shape index (κ1) is 9.87. The van der Waals surface area contributed by atoms with Crippen molar-refractivity contribution in [3.05, 3.63) is 53.9 Å². The fourth-order valence-electron chi connectivity index (χ4n) is 1.65. The molecule has 0 atom stereocenters. The molecule has 15 heavy (non-hydrogen) atoms. The third-order valence-corrected chi connectivity index (χ3v) is 2.31. The normalized spacial score (nSPS) is 10.3. The Hall–Kier alpha value is -1.67. The van der Waals surface area contributed by atoms with Gasteiger partial charge in [0, 0.05) is 18.0 Å². The van der Waals surface area contributed by atoms with Gasteiger partial charge in [0.05, 0.1) is 6.61 Å². The second kappa shape index (κ2) is 4.24. The van der Waals surface area contributed by atoms with Crippen molar-refractivity contribution in [3.63, 3.8) is 0 Å². The maximum atomic E-state index is 9.12. The number of rotatable bonds is 2. The topological polar surface area (TPSA) is 33.1 Å². The zero-order valence-electron chi connectivity index (χ0n) is 8.64. The molecule has 1 N–H and O–H groups in total. The van der Waals surface area contributed by atoms with Gasteiger partial charge in [0.1, 0.15) is 0 Å². The van der Waals surface area contributed by atoms with Crippen LogP contribution in [0.4, 0.5) is 0 Å². The van der Waals surface area contributed by atoms with Crippen molar-refractivity contribution < 1.29 is 5.11 Å². The van der Waals surface area contributed by atoms with E-state index in [-0.39, 0.29) is 6.61 Å². The Bertz CT molecular complexity index is 451. The van der Waals surface area contributed by atoms with Crippen LogP contribution in [0, 0.1) is 6.92 Å². The number of hydrogen-bond donors (Lipinski definition) is 1. The van der Waals surface area contributed by atoms with E-state index in [0.29, 0.717) is 0 Å². The summed E-state index contributed by atoms with van der Waals surface area (Å²) in [6.07, 6.45) is 3.59. The van der Waals surface area contributed by atoms with Crippen molar-refractivity contribution in [2.75, 3.05) is 0 Å². The van der Waals surface area contributed by atoms with Gasteiger partial charge in [-0.25, -0.2) is 0 Å². The summed E-state index contributed by atoms with van der Waals surface area (Å²) in [5, 5.41) is 9.12. The van der Waals surface area contributed by atoms with E-state index in [1.165, 1.54) is 0 Å². The van der Waals surface area contributed by atoms with Crippen molar-refractivity contribution in [2.24, 2.45) is 0 Å². The van der Waals surface area contributed by atoms with Gasteiger partial charge in [-0.2, -0.15) is 0 Å². The molecule has 0 aliphatic heterocycles. The summed E-state index contributed by atoms with van der Waals surface area (Å²) in [7, 11) is 0. The van der Waals surface area contributed by atoms with Crippen LogP contribution < -0.4 is 0 Å². The Morgan fingerprint density at radius 3 is 2.73 bits per heavy atom. The van der Waals surface area contributed by atoms with Crippen LogP contribution in [0.2, 0.25) is 0 Å². The highest BCUT2D eigenvalue weighted by atomic mass is 16.3.